The number of hydrogen-bond acceptors (Lipinski definition) is 4. The van der Waals surface area contributed by atoms with Gasteiger partial charge < -0.3 is 15.4 Å². The second kappa shape index (κ2) is 8.55. The first-order valence-electron chi connectivity index (χ1n) is 7.14. The number of alkyl halides is 3. The molecule has 1 aromatic carbocycles. The van der Waals surface area contributed by atoms with E-state index in [0.717, 1.165) is 4.88 Å². The van der Waals surface area contributed by atoms with Crippen LogP contribution in [0.25, 0.3) is 10.4 Å². The molecule has 0 saturated carbocycles. The number of carbonyl (C=O) groups excluding carboxylic acids is 1. The van der Waals surface area contributed by atoms with Crippen LogP contribution in [0.2, 0.25) is 0 Å². The van der Waals surface area contributed by atoms with Crippen molar-refractivity contribution in [1.82, 2.24) is 4.90 Å². The zero-order valence-corrected chi connectivity index (χ0v) is 15.2. The molecule has 2 rings (SSSR count). The third kappa shape index (κ3) is 5.62. The van der Waals surface area contributed by atoms with Gasteiger partial charge in [0.15, 0.2) is 0 Å². The average Bonchev–Trinajstić information content (AvgIpc) is 3.01. The van der Waals surface area contributed by atoms with E-state index in [-0.39, 0.29) is 30.1 Å². The minimum Gasteiger partial charge on any atom is -0.406 e. The van der Waals surface area contributed by atoms with Gasteiger partial charge in [-0.2, -0.15) is 0 Å². The van der Waals surface area contributed by atoms with Crippen molar-refractivity contribution in [3.8, 4) is 16.2 Å². The molecule has 1 heterocycles. The third-order valence-corrected chi connectivity index (χ3v) is 4.63. The molecule has 2 N–H and O–H groups in total. The lowest BCUT2D eigenvalue weighted by Crippen LogP contribution is -2.39. The van der Waals surface area contributed by atoms with Gasteiger partial charge >= 0.3 is 6.36 Å². The molecular weight excluding hydrogens is 377 g/mol. The van der Waals surface area contributed by atoms with Crippen molar-refractivity contribution < 1.29 is 22.7 Å². The number of hydrogen-bond donors (Lipinski definition) is 1. The van der Waals surface area contributed by atoms with Crippen LogP contribution in [0, 0.1) is 0 Å². The molecule has 25 heavy (non-hydrogen) atoms. The normalized spacial score (nSPS) is 12.2. The summed E-state index contributed by atoms with van der Waals surface area (Å²) in [7, 11) is 1.68. The predicted octanol–water partition coefficient (Wildman–Crippen LogP) is 4.15. The number of carbonyl (C=O) groups is 1. The second-order valence-electron chi connectivity index (χ2n) is 5.24. The molecule has 2 aromatic rings. The zero-order valence-electron chi connectivity index (χ0n) is 13.5. The van der Waals surface area contributed by atoms with Gasteiger partial charge in [0, 0.05) is 24.5 Å². The van der Waals surface area contributed by atoms with Crippen molar-refractivity contribution >= 4 is 29.7 Å². The van der Waals surface area contributed by atoms with Crippen LogP contribution in [0.3, 0.4) is 0 Å². The summed E-state index contributed by atoms with van der Waals surface area (Å²) in [6, 6.07) is 8.91. The molecule has 0 aliphatic carbocycles. The molecule has 0 fully saturated rings. The first-order chi connectivity index (χ1) is 11.2. The zero-order chi connectivity index (χ0) is 17.9. The van der Waals surface area contributed by atoms with Gasteiger partial charge in [0.25, 0.3) is 5.91 Å². The lowest BCUT2D eigenvalue weighted by Gasteiger charge is -2.22. The SMILES string of the molecule is CC(CN)N(C)C(=O)c1ccc(-c2ccc(OC(F)(F)F)cc2)s1.Cl. The Morgan fingerprint density at radius 2 is 1.84 bits per heavy atom. The molecule has 1 unspecified atom stereocenters. The lowest BCUT2D eigenvalue weighted by atomic mass is 10.2. The molecule has 0 aliphatic heterocycles. The number of thiophene rings is 1. The Kier molecular flexibility index (Phi) is 7.28. The Labute approximate surface area is 153 Å². The van der Waals surface area contributed by atoms with Crippen LogP contribution in [0.4, 0.5) is 13.2 Å². The number of amides is 1. The summed E-state index contributed by atoms with van der Waals surface area (Å²) in [6.45, 7) is 2.22. The smallest absolute Gasteiger partial charge is 0.406 e. The van der Waals surface area contributed by atoms with E-state index in [9.17, 15) is 18.0 Å². The van der Waals surface area contributed by atoms with Crippen molar-refractivity contribution in [3.63, 3.8) is 0 Å². The highest BCUT2D eigenvalue weighted by atomic mass is 35.5. The van der Waals surface area contributed by atoms with Crippen molar-refractivity contribution in [1.29, 1.82) is 0 Å². The lowest BCUT2D eigenvalue weighted by molar-refractivity contribution is -0.274. The van der Waals surface area contributed by atoms with Crippen molar-refractivity contribution in [2.24, 2.45) is 5.73 Å². The number of nitrogens with zero attached hydrogens (tertiary/aromatic N) is 1. The van der Waals surface area contributed by atoms with E-state index in [0.29, 0.717) is 17.0 Å². The molecule has 9 heteroatoms. The largest absolute Gasteiger partial charge is 0.573 e. The minimum atomic E-state index is -4.71. The van der Waals surface area contributed by atoms with Crippen LogP contribution < -0.4 is 10.5 Å². The maximum absolute atomic E-state index is 12.3. The van der Waals surface area contributed by atoms with Crippen LogP contribution in [-0.4, -0.2) is 36.8 Å². The van der Waals surface area contributed by atoms with Crippen LogP contribution in [-0.2, 0) is 0 Å². The molecule has 0 aliphatic rings. The highest BCUT2D eigenvalue weighted by Crippen LogP contribution is 2.31. The Balaban J connectivity index is 0.00000312. The Hall–Kier alpha value is -1.77. The van der Waals surface area contributed by atoms with Crippen molar-refractivity contribution in [2.75, 3.05) is 13.6 Å². The molecule has 4 nitrogen and oxygen atoms in total. The van der Waals surface area contributed by atoms with Crippen molar-refractivity contribution in [2.45, 2.75) is 19.3 Å². The van der Waals surface area contributed by atoms with E-state index in [1.165, 1.54) is 35.6 Å². The van der Waals surface area contributed by atoms with E-state index < -0.39 is 6.36 Å². The number of halogens is 4. The summed E-state index contributed by atoms with van der Waals surface area (Å²) in [5, 5.41) is 0. The number of nitrogens with two attached hydrogens (primary N) is 1. The fraction of sp³-hybridized carbons (Fsp3) is 0.312. The summed E-state index contributed by atoms with van der Waals surface area (Å²) < 4.78 is 40.3. The summed E-state index contributed by atoms with van der Waals surface area (Å²) in [6.07, 6.45) is -4.71. The predicted molar refractivity (Wildman–Crippen MR) is 94.3 cm³/mol. The Morgan fingerprint density at radius 3 is 2.36 bits per heavy atom. The molecule has 0 saturated heterocycles. The van der Waals surface area contributed by atoms with Gasteiger partial charge in [0.2, 0.25) is 0 Å². The quantitative estimate of drug-likeness (QED) is 0.828. The number of likely N-dealkylation sites (N-methyl/N-ethyl adjacent to an activating group) is 1. The summed E-state index contributed by atoms with van der Waals surface area (Å²) in [4.78, 5) is 15.2. The molecule has 0 radical (unpaired) electrons. The fourth-order valence-electron chi connectivity index (χ4n) is 1.96. The minimum absolute atomic E-state index is 0. The van der Waals surface area contributed by atoms with Gasteiger partial charge in [-0.05, 0) is 48.9 Å². The van der Waals surface area contributed by atoms with E-state index in [4.69, 9.17) is 5.73 Å². The molecule has 0 spiro atoms. The number of rotatable bonds is 5. The maximum Gasteiger partial charge on any atom is 0.573 e. The van der Waals surface area contributed by atoms with E-state index >= 15 is 0 Å². The van der Waals surface area contributed by atoms with Gasteiger partial charge in [-0.15, -0.1) is 36.9 Å². The van der Waals surface area contributed by atoms with Gasteiger partial charge in [-0.1, -0.05) is 0 Å². The Bertz CT molecular complexity index is 704. The highest BCUT2D eigenvalue weighted by Gasteiger charge is 2.31. The highest BCUT2D eigenvalue weighted by molar-refractivity contribution is 7.17. The topological polar surface area (TPSA) is 55.6 Å². The van der Waals surface area contributed by atoms with Gasteiger partial charge in [-0.3, -0.25) is 4.79 Å². The van der Waals surface area contributed by atoms with Gasteiger partial charge in [0.05, 0.1) is 4.88 Å². The monoisotopic (exact) mass is 394 g/mol. The number of benzene rings is 1. The molecule has 1 aromatic heterocycles. The van der Waals surface area contributed by atoms with Crippen LogP contribution in [0.1, 0.15) is 16.6 Å². The average molecular weight is 395 g/mol. The number of ether oxygens (including phenoxy) is 1. The Morgan fingerprint density at radius 1 is 1.24 bits per heavy atom. The first kappa shape index (κ1) is 21.3. The molecule has 138 valence electrons. The van der Waals surface area contributed by atoms with Crippen LogP contribution >= 0.6 is 23.7 Å². The van der Waals surface area contributed by atoms with Crippen LogP contribution in [0.15, 0.2) is 36.4 Å². The van der Waals surface area contributed by atoms with E-state index in [1.54, 1.807) is 24.1 Å². The molecule has 1 atom stereocenters. The van der Waals surface area contributed by atoms with Gasteiger partial charge in [-0.25, -0.2) is 0 Å². The van der Waals surface area contributed by atoms with E-state index in [1.807, 2.05) is 6.92 Å². The van der Waals surface area contributed by atoms with Crippen LogP contribution in [0.5, 0.6) is 5.75 Å². The maximum atomic E-state index is 12.3. The van der Waals surface area contributed by atoms with Crippen molar-refractivity contribution in [3.05, 3.63) is 41.3 Å². The summed E-state index contributed by atoms with van der Waals surface area (Å²) in [5.74, 6) is -0.420. The third-order valence-electron chi connectivity index (χ3n) is 3.51. The second-order valence-corrected chi connectivity index (χ2v) is 6.32. The fourth-order valence-corrected chi connectivity index (χ4v) is 2.96. The first-order valence-corrected chi connectivity index (χ1v) is 7.96. The summed E-state index contributed by atoms with van der Waals surface area (Å²) in [5.41, 5.74) is 6.27. The molecule has 0 bridgehead atoms. The summed E-state index contributed by atoms with van der Waals surface area (Å²) >= 11 is 1.27. The van der Waals surface area contributed by atoms with Gasteiger partial charge in [0.1, 0.15) is 5.75 Å². The molecular formula is C16H18ClF3N2O2S. The molecule has 1 amide bonds. The standard InChI is InChI=1S/C16H17F3N2O2S.ClH/c1-10(9-20)21(2)15(22)14-8-7-13(24-14)11-3-5-12(6-4-11)23-16(17,18)19;/h3-8,10H,9,20H2,1-2H3;1H. The van der Waals surface area contributed by atoms with E-state index in [2.05, 4.69) is 4.74 Å².